The van der Waals surface area contributed by atoms with Crippen molar-refractivity contribution in [3.05, 3.63) is 65.7 Å². The van der Waals surface area contributed by atoms with Gasteiger partial charge in [-0.3, -0.25) is 77.2 Å². The molecule has 2 aliphatic heterocycles. The Morgan fingerprint density at radius 3 is 1.75 bits per heavy atom. The summed E-state index contributed by atoms with van der Waals surface area (Å²) in [7, 11) is 6.64. The van der Waals surface area contributed by atoms with Crippen LogP contribution in [-0.4, -0.2) is 261 Å². The summed E-state index contributed by atoms with van der Waals surface area (Å²) >= 11 is 0. The maximum Gasteiger partial charge on any atom is 0.339 e. The second-order valence-corrected chi connectivity index (χ2v) is 24.5. The van der Waals surface area contributed by atoms with Gasteiger partial charge in [0.15, 0.2) is 28.7 Å². The number of hydrogen-bond acceptors (Lipinski definition) is 23. The highest BCUT2D eigenvalue weighted by Crippen LogP contribution is 2.45. The van der Waals surface area contributed by atoms with E-state index in [2.05, 4.69) is 73.5 Å². The van der Waals surface area contributed by atoms with Crippen molar-refractivity contribution in [2.75, 3.05) is 81.1 Å². The molecular weight excluding hydrogens is 1300 g/mol. The van der Waals surface area contributed by atoms with Gasteiger partial charge in [0.25, 0.3) is 5.91 Å². The number of carbonyl (C=O) groups is 14. The molecule has 10 atom stereocenters. The maximum absolute atomic E-state index is 16.0. The van der Waals surface area contributed by atoms with Crippen LogP contribution in [0, 0.1) is 11.8 Å². The van der Waals surface area contributed by atoms with Gasteiger partial charge in [-0.05, 0) is 96.0 Å². The monoisotopic (exact) mass is 1400 g/mol. The number of phenols is 1. The van der Waals surface area contributed by atoms with Crippen LogP contribution in [0.5, 0.6) is 5.75 Å². The minimum Gasteiger partial charge on any atom is -0.508 e. The van der Waals surface area contributed by atoms with Crippen molar-refractivity contribution in [1.82, 2.24) is 68.3 Å². The second-order valence-electron chi connectivity index (χ2n) is 24.5. The van der Waals surface area contributed by atoms with E-state index in [0.29, 0.717) is 5.56 Å². The lowest BCUT2D eigenvalue weighted by atomic mass is 9.57. The molecule has 0 spiro atoms. The summed E-state index contributed by atoms with van der Waals surface area (Å²) in [6.07, 6.45) is 0.848. The van der Waals surface area contributed by atoms with Crippen molar-refractivity contribution in [3.63, 3.8) is 0 Å². The van der Waals surface area contributed by atoms with Gasteiger partial charge in [-0.25, -0.2) is 9.79 Å². The number of likely N-dealkylation sites (tertiary alicyclic amines) is 1. The number of amides is 9. The number of rotatable bonds is 43. The number of imide groups is 1. The fourth-order valence-electron chi connectivity index (χ4n) is 11.9. The van der Waals surface area contributed by atoms with Gasteiger partial charge in [-0.15, -0.1) is 0 Å². The highest BCUT2D eigenvalue weighted by molar-refractivity contribution is 6.30. The van der Waals surface area contributed by atoms with E-state index in [9.17, 15) is 44.1 Å². The van der Waals surface area contributed by atoms with Gasteiger partial charge in [0.05, 0.1) is 45.2 Å². The van der Waals surface area contributed by atoms with Crippen molar-refractivity contribution in [3.8, 4) is 5.75 Å². The number of nitrogens with zero attached hydrogens (tertiary/aromatic N) is 5. The van der Waals surface area contributed by atoms with Gasteiger partial charge < -0.3 is 90.2 Å². The minimum atomic E-state index is -3.72. The zero-order valence-electron chi connectivity index (χ0n) is 57.7. The van der Waals surface area contributed by atoms with Gasteiger partial charge in [0.1, 0.15) is 54.4 Å². The Bertz CT molecular complexity index is 3320. The lowest BCUT2D eigenvalue weighted by Gasteiger charge is -2.50. The maximum atomic E-state index is 16.0. The fraction of sp³-hybridized carbons (Fsp3) is 0.554. The Balaban J connectivity index is 1.83. The fourth-order valence-corrected chi connectivity index (χ4v) is 11.9. The van der Waals surface area contributed by atoms with Crippen molar-refractivity contribution in [1.29, 1.82) is 0 Å². The molecule has 2 aromatic carbocycles. The molecule has 1 fully saturated rings. The van der Waals surface area contributed by atoms with Crippen molar-refractivity contribution < 1.29 is 82.4 Å². The number of benzene rings is 2. The number of aliphatic carboxylic acids is 2. The van der Waals surface area contributed by atoms with E-state index in [1.54, 1.807) is 27.7 Å². The standard InChI is InChI=1S/C65H96N18O17/c1-10-37(4)54(81-57(94)43(26-38-20-22-41(84)23-21-38)78-58(95)53(36(2)3)80-55(92)42(18-14-24-74-63(66)67)77-56(93)44(28-52(90)91)76-50(88)33-71-8)59(96)79-45(27-40-29-73-35-75-40)60(97)82-25-15-19-46(82)61(98)83(51(89)34-72-9)65(62(99)100,49(87)32-70-7)64(47(85)30-68-5,48(86)31-69-6)39-16-12-11-13-17-39/h11-13,16-17,20-23,29,35-37,40,42-46,53-54,68-72,84H,10,14-15,18-19,24-28,30-34H2,1-9H3,(H,76,88)(H,77,93)(H,78,95)(H,79,96)(H,80,92)(H,81,94)(H,90,91)(H,99,100)(H4,66,67,74). The average molecular weight is 1400 g/mol. The molecule has 0 saturated carbocycles. The van der Waals surface area contributed by atoms with Crippen LogP contribution >= 0.6 is 0 Å². The molecular formula is C65H96N18O17. The SMILES string of the molecule is CCC(C)C(NC(=O)C(Cc1ccc(O)cc1)NC(=O)C(NC(=O)C(CCCN=C(N)N)NC(=O)C(CC(=O)O)NC(=O)CNC)C(C)C)C(=O)NC(CC1C=NC=N1)C(=O)N1CCCC1C(=O)N(C(=O)CNC)C(C(=O)O)(C(=O)CNC)C(C(=O)CNC)(C(=O)CNC)c1ccccc1. The zero-order chi connectivity index (χ0) is 74.6. The number of carboxylic acids is 2. The van der Waals surface area contributed by atoms with Crippen LogP contribution in [0.25, 0.3) is 0 Å². The van der Waals surface area contributed by atoms with Crippen LogP contribution in [0.1, 0.15) is 83.8 Å². The number of guanidine groups is 1. The Morgan fingerprint density at radius 1 is 0.660 bits per heavy atom. The summed E-state index contributed by atoms with van der Waals surface area (Å²) in [5, 5.41) is 60.2. The van der Waals surface area contributed by atoms with Crippen LogP contribution in [-0.2, 0) is 79.0 Å². The number of likely N-dealkylation sites (N-methyl/N-ethyl adjacent to an activating group) is 5. The first-order valence-corrected chi connectivity index (χ1v) is 32.7. The number of nitrogens with two attached hydrogens (primary N) is 2. The molecule has 18 N–H and O–H groups in total. The lowest BCUT2D eigenvalue weighted by molar-refractivity contribution is -0.181. The first-order valence-electron chi connectivity index (χ1n) is 32.7. The summed E-state index contributed by atoms with van der Waals surface area (Å²) in [5.41, 5.74) is 4.11. The molecule has 2 heterocycles. The third-order valence-electron chi connectivity index (χ3n) is 16.9. The predicted octanol–water partition coefficient (Wildman–Crippen LogP) is -5.14. The first kappa shape index (κ1) is 82.5. The van der Waals surface area contributed by atoms with E-state index in [4.69, 9.17) is 11.5 Å². The number of nitrogens with one attached hydrogen (secondary N) is 11. The summed E-state index contributed by atoms with van der Waals surface area (Å²) in [6.45, 7) is 2.53. The van der Waals surface area contributed by atoms with Crippen molar-refractivity contribution in [2.45, 2.75) is 138 Å². The van der Waals surface area contributed by atoms with E-state index in [0.717, 1.165) is 4.90 Å². The number of ketones is 3. The van der Waals surface area contributed by atoms with Crippen molar-refractivity contribution >= 4 is 101 Å². The van der Waals surface area contributed by atoms with Gasteiger partial charge in [0, 0.05) is 32.1 Å². The zero-order valence-corrected chi connectivity index (χ0v) is 57.7. The summed E-state index contributed by atoms with van der Waals surface area (Å²) < 4.78 is 0. The van der Waals surface area contributed by atoms with E-state index >= 15 is 38.4 Å². The Labute approximate surface area is 578 Å². The molecule has 1 saturated heterocycles. The number of phenolic OH excluding ortho intramolecular Hbond substituents is 1. The number of aliphatic imine (C=N–C) groups is 3. The molecule has 548 valence electrons. The number of hydrogen-bond donors (Lipinski definition) is 16. The van der Waals surface area contributed by atoms with E-state index < -0.39 is 186 Å². The highest BCUT2D eigenvalue weighted by Gasteiger charge is 2.74. The Morgan fingerprint density at radius 2 is 1.21 bits per heavy atom. The number of carboxylic acid groups (broad SMARTS) is 2. The van der Waals surface area contributed by atoms with Crippen LogP contribution in [0.3, 0.4) is 0 Å². The summed E-state index contributed by atoms with van der Waals surface area (Å²) in [4.78, 5) is 217. The summed E-state index contributed by atoms with van der Waals surface area (Å²) in [6, 6.07) is 0.105. The topological polar surface area (TPSA) is 528 Å². The van der Waals surface area contributed by atoms with E-state index in [1.807, 2.05) is 0 Å². The molecule has 100 heavy (non-hydrogen) atoms. The van der Waals surface area contributed by atoms with Gasteiger partial charge >= 0.3 is 11.9 Å². The van der Waals surface area contributed by atoms with Crippen LogP contribution in [0.2, 0.25) is 0 Å². The lowest BCUT2D eigenvalue weighted by Crippen LogP contribution is -2.81. The molecule has 9 amide bonds. The van der Waals surface area contributed by atoms with Gasteiger partial charge in [-0.1, -0.05) is 76.6 Å². The molecule has 2 aliphatic rings. The molecule has 4 rings (SSSR count). The van der Waals surface area contributed by atoms with E-state index in [-0.39, 0.29) is 86.8 Å². The molecule has 0 bridgehead atoms. The van der Waals surface area contributed by atoms with Gasteiger partial charge in [-0.2, -0.15) is 0 Å². The van der Waals surface area contributed by atoms with Crippen LogP contribution < -0.4 is 70.0 Å². The van der Waals surface area contributed by atoms with Gasteiger partial charge in [0.2, 0.25) is 52.8 Å². The first-order chi connectivity index (χ1) is 47.5. The molecule has 35 heteroatoms. The smallest absolute Gasteiger partial charge is 0.339 e. The second kappa shape index (κ2) is 39.6. The summed E-state index contributed by atoms with van der Waals surface area (Å²) in [5.74, 6) is -19.0. The number of carbonyl (C=O) groups excluding carboxylic acids is 12. The molecule has 0 radical (unpaired) electrons. The third-order valence-corrected chi connectivity index (χ3v) is 16.9. The quantitative estimate of drug-likeness (QED) is 0.0128. The highest BCUT2D eigenvalue weighted by atomic mass is 16.4. The molecule has 0 aliphatic carbocycles. The largest absolute Gasteiger partial charge is 0.508 e. The van der Waals surface area contributed by atoms with E-state index in [1.165, 1.54) is 102 Å². The Kier molecular flexibility index (Phi) is 32.6. The average Bonchev–Trinajstić information content (AvgIpc) is 0.789. The molecule has 0 aromatic heterocycles. The number of Topliss-reactive ketones (excluding diaryl/α,β-unsaturated/α-hetero) is 3. The Hall–Kier alpha value is -9.97. The normalized spacial score (nSPS) is 16.8. The van der Waals surface area contributed by atoms with Crippen LogP contribution in [0.15, 0.2) is 69.6 Å². The third kappa shape index (κ3) is 21.0. The van der Waals surface area contributed by atoms with Crippen molar-refractivity contribution in [2.24, 2.45) is 38.3 Å². The minimum absolute atomic E-state index is 0.0118. The molecule has 2 aromatic rings. The molecule has 10 unspecified atom stereocenters. The molecule has 35 nitrogen and oxygen atoms in total. The number of aromatic hydroxyl groups is 1. The predicted molar refractivity (Wildman–Crippen MR) is 365 cm³/mol. The van der Waals surface area contributed by atoms with Crippen LogP contribution in [0.4, 0.5) is 0 Å².